The summed E-state index contributed by atoms with van der Waals surface area (Å²) in [5, 5.41) is 11.8. The van der Waals surface area contributed by atoms with Crippen LogP contribution in [0.15, 0.2) is 59.8 Å². The number of hydrazine groups is 1. The van der Waals surface area contributed by atoms with Crippen LogP contribution in [-0.2, 0) is 4.79 Å². The minimum atomic E-state index is -0.396. The minimum Gasteiger partial charge on any atom is -0.618 e. The van der Waals surface area contributed by atoms with Crippen molar-refractivity contribution in [3.05, 3.63) is 65.5 Å². The van der Waals surface area contributed by atoms with E-state index in [0.29, 0.717) is 15.3 Å². The number of carbonyl (C=O) groups is 2. The molecule has 1 aromatic carbocycles. The molecule has 7 heteroatoms. The van der Waals surface area contributed by atoms with E-state index in [-0.39, 0.29) is 5.75 Å². The Labute approximate surface area is 125 Å². The zero-order chi connectivity index (χ0) is 15.1. The Morgan fingerprint density at radius 2 is 1.76 bits per heavy atom. The Hall–Kier alpha value is -2.54. The van der Waals surface area contributed by atoms with Crippen molar-refractivity contribution in [1.29, 1.82) is 0 Å². The summed E-state index contributed by atoms with van der Waals surface area (Å²) in [7, 11) is 0. The molecule has 1 aromatic heterocycles. The Kier molecular flexibility index (Phi) is 5.16. The van der Waals surface area contributed by atoms with E-state index in [0.717, 1.165) is 11.8 Å². The summed E-state index contributed by atoms with van der Waals surface area (Å²) in [6.07, 6.45) is 1.36. The number of amides is 2. The Morgan fingerprint density at radius 3 is 2.48 bits per heavy atom. The van der Waals surface area contributed by atoms with Crippen LogP contribution in [0.5, 0.6) is 0 Å². The van der Waals surface area contributed by atoms with Crippen LogP contribution in [0.25, 0.3) is 0 Å². The maximum atomic E-state index is 11.7. The number of rotatable bonds is 4. The highest BCUT2D eigenvalue weighted by Gasteiger charge is 2.10. The quantitative estimate of drug-likeness (QED) is 0.380. The predicted molar refractivity (Wildman–Crippen MR) is 78.2 cm³/mol. The van der Waals surface area contributed by atoms with Gasteiger partial charge in [-0.25, -0.2) is 0 Å². The van der Waals surface area contributed by atoms with Crippen LogP contribution in [0, 0.1) is 5.21 Å². The summed E-state index contributed by atoms with van der Waals surface area (Å²) < 4.78 is 0.681. The molecule has 2 amide bonds. The van der Waals surface area contributed by atoms with E-state index < -0.39 is 11.8 Å². The van der Waals surface area contributed by atoms with Crippen molar-refractivity contribution >= 4 is 23.6 Å². The first-order valence-corrected chi connectivity index (χ1v) is 7.10. The molecule has 108 valence electrons. The first kappa shape index (κ1) is 14.9. The number of pyridine rings is 1. The lowest BCUT2D eigenvalue weighted by Gasteiger charge is -2.07. The normalized spacial score (nSPS) is 9.90. The van der Waals surface area contributed by atoms with E-state index in [9.17, 15) is 14.8 Å². The maximum absolute atomic E-state index is 11.7. The molecule has 0 saturated carbocycles. The van der Waals surface area contributed by atoms with Gasteiger partial charge in [-0.3, -0.25) is 20.4 Å². The van der Waals surface area contributed by atoms with Crippen LogP contribution >= 0.6 is 11.8 Å². The van der Waals surface area contributed by atoms with Gasteiger partial charge < -0.3 is 5.21 Å². The number of nitrogens with zero attached hydrogens (tertiary/aromatic N) is 1. The lowest BCUT2D eigenvalue weighted by molar-refractivity contribution is -0.645. The molecule has 0 aliphatic heterocycles. The molecule has 0 spiro atoms. The number of aromatic nitrogens is 1. The van der Waals surface area contributed by atoms with Gasteiger partial charge >= 0.3 is 0 Å². The van der Waals surface area contributed by atoms with Crippen molar-refractivity contribution in [3.63, 3.8) is 0 Å². The molecule has 0 bridgehead atoms. The number of hydrogen-bond acceptors (Lipinski definition) is 4. The fraction of sp³-hybridized carbons (Fsp3) is 0.0714. The van der Waals surface area contributed by atoms with Crippen molar-refractivity contribution in [3.8, 4) is 0 Å². The van der Waals surface area contributed by atoms with E-state index in [4.69, 9.17) is 0 Å². The SMILES string of the molecule is O=C(CSc1cccc[n+]1[O-])NNC(=O)c1ccccc1. The number of hydrogen-bond donors (Lipinski definition) is 2. The molecule has 2 aromatic rings. The average molecular weight is 303 g/mol. The van der Waals surface area contributed by atoms with Gasteiger partial charge in [0, 0.05) is 17.7 Å². The third kappa shape index (κ3) is 4.50. The van der Waals surface area contributed by atoms with Gasteiger partial charge in [-0.15, -0.1) is 0 Å². The largest absolute Gasteiger partial charge is 0.618 e. The molecule has 0 radical (unpaired) electrons. The molecule has 6 nitrogen and oxygen atoms in total. The van der Waals surface area contributed by atoms with Crippen LogP contribution < -0.4 is 15.6 Å². The molecule has 2 rings (SSSR count). The van der Waals surface area contributed by atoms with E-state index in [2.05, 4.69) is 10.9 Å². The van der Waals surface area contributed by atoms with Crippen LogP contribution in [0.1, 0.15) is 10.4 Å². The first-order valence-electron chi connectivity index (χ1n) is 6.12. The topological polar surface area (TPSA) is 85.1 Å². The van der Waals surface area contributed by atoms with E-state index >= 15 is 0 Å². The van der Waals surface area contributed by atoms with E-state index in [1.165, 1.54) is 6.20 Å². The molecule has 0 saturated heterocycles. The Bertz CT molecular complexity index is 634. The lowest BCUT2D eigenvalue weighted by Crippen LogP contribution is -2.42. The number of nitrogens with one attached hydrogen (secondary N) is 2. The summed E-state index contributed by atoms with van der Waals surface area (Å²) in [6.45, 7) is 0. The lowest BCUT2D eigenvalue weighted by atomic mass is 10.2. The van der Waals surface area contributed by atoms with Crippen molar-refractivity contribution in [2.75, 3.05) is 5.75 Å². The van der Waals surface area contributed by atoms with Gasteiger partial charge in [0.05, 0.1) is 5.75 Å². The smallest absolute Gasteiger partial charge is 0.269 e. The second-order valence-corrected chi connectivity index (χ2v) is 5.02. The maximum Gasteiger partial charge on any atom is 0.269 e. The van der Waals surface area contributed by atoms with Gasteiger partial charge in [0.2, 0.25) is 5.91 Å². The summed E-state index contributed by atoms with van der Waals surface area (Å²) >= 11 is 1.09. The van der Waals surface area contributed by atoms with Crippen LogP contribution in [-0.4, -0.2) is 17.6 Å². The first-order chi connectivity index (χ1) is 10.2. The molecule has 0 fully saturated rings. The predicted octanol–water partition coefficient (Wildman–Crippen LogP) is 0.873. The summed E-state index contributed by atoms with van der Waals surface area (Å²) in [6, 6.07) is 13.5. The molecule has 2 N–H and O–H groups in total. The van der Waals surface area contributed by atoms with Gasteiger partial charge in [0.25, 0.3) is 10.9 Å². The molecular weight excluding hydrogens is 290 g/mol. The molecule has 0 atom stereocenters. The average Bonchev–Trinajstić information content (AvgIpc) is 2.52. The number of thioether (sulfide) groups is 1. The Morgan fingerprint density at radius 1 is 1.05 bits per heavy atom. The van der Waals surface area contributed by atoms with Crippen molar-refractivity contribution in [2.45, 2.75) is 5.03 Å². The fourth-order valence-electron chi connectivity index (χ4n) is 1.49. The molecule has 0 unspecified atom stereocenters. The van der Waals surface area contributed by atoms with E-state index in [1.807, 2.05) is 0 Å². The van der Waals surface area contributed by atoms with Gasteiger partial charge in [-0.1, -0.05) is 18.2 Å². The Balaban J connectivity index is 1.78. The van der Waals surface area contributed by atoms with Crippen molar-refractivity contribution < 1.29 is 14.3 Å². The van der Waals surface area contributed by atoms with Crippen LogP contribution in [0.3, 0.4) is 0 Å². The highest BCUT2D eigenvalue weighted by atomic mass is 32.2. The monoisotopic (exact) mass is 303 g/mol. The second kappa shape index (κ2) is 7.30. The number of carbonyl (C=O) groups excluding carboxylic acids is 2. The van der Waals surface area contributed by atoms with Gasteiger partial charge in [0.15, 0.2) is 6.20 Å². The number of benzene rings is 1. The van der Waals surface area contributed by atoms with Gasteiger partial charge in [-0.2, -0.15) is 4.73 Å². The van der Waals surface area contributed by atoms with Crippen LogP contribution in [0.2, 0.25) is 0 Å². The standard InChI is InChI=1S/C14H13N3O3S/c18-12(10-21-13-8-4-5-9-17(13)20)15-16-14(19)11-6-2-1-3-7-11/h1-9H,10H2,(H,15,18)(H,16,19). The fourth-order valence-corrected chi connectivity index (χ4v) is 2.20. The summed E-state index contributed by atoms with van der Waals surface area (Å²) in [4.78, 5) is 23.3. The van der Waals surface area contributed by atoms with Gasteiger partial charge in [0.1, 0.15) is 0 Å². The molecule has 0 aliphatic carbocycles. The zero-order valence-electron chi connectivity index (χ0n) is 11.0. The summed E-state index contributed by atoms with van der Waals surface area (Å²) in [5.41, 5.74) is 5.06. The van der Waals surface area contributed by atoms with Gasteiger partial charge in [-0.05, 0) is 30.0 Å². The second-order valence-electron chi connectivity index (χ2n) is 4.02. The minimum absolute atomic E-state index is 0.0291. The molecular formula is C14H13N3O3S. The summed E-state index contributed by atoms with van der Waals surface area (Å²) in [5.74, 6) is -0.762. The third-order valence-corrected chi connectivity index (χ3v) is 3.51. The van der Waals surface area contributed by atoms with Crippen molar-refractivity contribution in [1.82, 2.24) is 10.9 Å². The van der Waals surface area contributed by atoms with Crippen LogP contribution in [0.4, 0.5) is 0 Å². The third-order valence-electron chi connectivity index (χ3n) is 2.49. The molecule has 1 heterocycles. The molecule has 21 heavy (non-hydrogen) atoms. The van der Waals surface area contributed by atoms with Crippen molar-refractivity contribution in [2.24, 2.45) is 0 Å². The highest BCUT2D eigenvalue weighted by Crippen LogP contribution is 2.11. The van der Waals surface area contributed by atoms with E-state index in [1.54, 1.807) is 48.5 Å². The highest BCUT2D eigenvalue weighted by molar-refractivity contribution is 7.99. The zero-order valence-corrected chi connectivity index (χ0v) is 11.8. The molecule has 0 aliphatic rings.